The Bertz CT molecular complexity index is 520. The van der Waals surface area contributed by atoms with Gasteiger partial charge in [-0.2, -0.15) is 5.10 Å². The molecule has 2 aromatic rings. The van der Waals surface area contributed by atoms with Gasteiger partial charge in [-0.3, -0.25) is 0 Å². The third kappa shape index (κ3) is 1.67. The van der Waals surface area contributed by atoms with Crippen LogP contribution in [-0.4, -0.2) is 14.9 Å². The van der Waals surface area contributed by atoms with E-state index in [1.165, 1.54) is 0 Å². The van der Waals surface area contributed by atoms with Crippen LogP contribution in [0, 0.1) is 5.92 Å². The van der Waals surface area contributed by atoms with E-state index in [0.29, 0.717) is 5.92 Å². The van der Waals surface area contributed by atoms with Crippen LogP contribution in [0.5, 0.6) is 0 Å². The van der Waals surface area contributed by atoms with Crippen LogP contribution in [0.3, 0.4) is 0 Å². The lowest BCUT2D eigenvalue weighted by Crippen LogP contribution is -2.10. The van der Waals surface area contributed by atoms with Gasteiger partial charge in [0.1, 0.15) is 5.60 Å². The molecule has 3 nitrogen and oxygen atoms in total. The lowest BCUT2D eigenvalue weighted by molar-refractivity contribution is 0.125. The van der Waals surface area contributed by atoms with E-state index in [1.54, 1.807) is 0 Å². The van der Waals surface area contributed by atoms with Gasteiger partial charge in [-0.25, -0.2) is 4.68 Å². The van der Waals surface area contributed by atoms with Gasteiger partial charge in [0, 0.05) is 6.20 Å². The molecule has 3 heteroatoms. The highest BCUT2D eigenvalue weighted by Crippen LogP contribution is 2.52. The first-order valence-corrected chi connectivity index (χ1v) is 6.08. The number of rotatable bonds is 3. The average molecular weight is 228 g/mol. The maximum Gasteiger partial charge on any atom is 0.112 e. The summed E-state index contributed by atoms with van der Waals surface area (Å²) in [5, 5.41) is 14.8. The van der Waals surface area contributed by atoms with Crippen molar-refractivity contribution in [1.82, 2.24) is 9.78 Å². The first kappa shape index (κ1) is 10.5. The van der Waals surface area contributed by atoms with Gasteiger partial charge in [0.15, 0.2) is 0 Å². The van der Waals surface area contributed by atoms with Crippen LogP contribution in [0.15, 0.2) is 42.6 Å². The molecule has 1 aromatic heterocycles. The van der Waals surface area contributed by atoms with E-state index in [2.05, 4.69) is 12.0 Å². The Morgan fingerprint density at radius 1 is 1.35 bits per heavy atom. The van der Waals surface area contributed by atoms with Crippen molar-refractivity contribution in [3.8, 4) is 5.69 Å². The van der Waals surface area contributed by atoms with Crippen LogP contribution in [0.4, 0.5) is 0 Å². The second kappa shape index (κ2) is 3.70. The molecule has 0 saturated heterocycles. The lowest BCUT2D eigenvalue weighted by atomic mass is 10.1. The van der Waals surface area contributed by atoms with Gasteiger partial charge in [-0.05, 0) is 30.5 Å². The standard InChI is InChI=1S/C14H16N2O/c1-2-11-10-14(11,17)13-8-9-16(15-13)12-6-4-3-5-7-12/h3-9,11,17H,2,10H2,1H3. The molecule has 0 spiro atoms. The van der Waals surface area contributed by atoms with Gasteiger partial charge >= 0.3 is 0 Å². The highest BCUT2D eigenvalue weighted by Gasteiger charge is 2.54. The van der Waals surface area contributed by atoms with Crippen molar-refractivity contribution in [2.75, 3.05) is 0 Å². The van der Waals surface area contributed by atoms with Gasteiger partial charge in [0.25, 0.3) is 0 Å². The van der Waals surface area contributed by atoms with Gasteiger partial charge in [0.2, 0.25) is 0 Å². The molecule has 1 heterocycles. The van der Waals surface area contributed by atoms with Crippen LogP contribution >= 0.6 is 0 Å². The molecule has 0 radical (unpaired) electrons. The Labute approximate surface area is 101 Å². The lowest BCUT2D eigenvalue weighted by Gasteiger charge is -2.06. The van der Waals surface area contributed by atoms with Crippen LogP contribution in [-0.2, 0) is 5.60 Å². The van der Waals surface area contributed by atoms with E-state index in [1.807, 2.05) is 47.3 Å². The molecule has 88 valence electrons. The Balaban J connectivity index is 1.90. The fourth-order valence-corrected chi connectivity index (χ4v) is 2.39. The normalized spacial score (nSPS) is 27.1. The highest BCUT2D eigenvalue weighted by molar-refractivity contribution is 5.32. The van der Waals surface area contributed by atoms with Crippen molar-refractivity contribution in [3.63, 3.8) is 0 Å². The number of benzene rings is 1. The van der Waals surface area contributed by atoms with Crippen molar-refractivity contribution >= 4 is 0 Å². The van der Waals surface area contributed by atoms with Crippen molar-refractivity contribution < 1.29 is 5.11 Å². The summed E-state index contributed by atoms with van der Waals surface area (Å²) in [5.41, 5.74) is 1.15. The van der Waals surface area contributed by atoms with Crippen LogP contribution in [0.1, 0.15) is 25.5 Å². The third-order valence-electron chi connectivity index (χ3n) is 3.62. The molecular formula is C14H16N2O. The summed E-state index contributed by atoms with van der Waals surface area (Å²) in [4.78, 5) is 0. The molecular weight excluding hydrogens is 212 g/mol. The second-order valence-electron chi connectivity index (χ2n) is 4.71. The van der Waals surface area contributed by atoms with Crippen LogP contribution in [0.2, 0.25) is 0 Å². The predicted octanol–water partition coefficient (Wildman–Crippen LogP) is 2.49. The fraction of sp³-hybridized carbons (Fsp3) is 0.357. The number of hydrogen-bond acceptors (Lipinski definition) is 2. The van der Waals surface area contributed by atoms with E-state index in [-0.39, 0.29) is 0 Å². The summed E-state index contributed by atoms with van der Waals surface area (Å²) in [7, 11) is 0. The second-order valence-corrected chi connectivity index (χ2v) is 4.71. The molecule has 0 bridgehead atoms. The molecule has 1 saturated carbocycles. The zero-order valence-electron chi connectivity index (χ0n) is 9.87. The van der Waals surface area contributed by atoms with E-state index >= 15 is 0 Å². The SMILES string of the molecule is CCC1CC1(O)c1ccn(-c2ccccc2)n1. The number of hydrogen-bond donors (Lipinski definition) is 1. The number of aromatic nitrogens is 2. The highest BCUT2D eigenvalue weighted by atomic mass is 16.3. The first-order valence-electron chi connectivity index (χ1n) is 6.08. The molecule has 17 heavy (non-hydrogen) atoms. The van der Waals surface area contributed by atoms with Gasteiger partial charge in [-0.1, -0.05) is 31.5 Å². The van der Waals surface area contributed by atoms with E-state index in [9.17, 15) is 5.11 Å². The number of para-hydroxylation sites is 1. The topological polar surface area (TPSA) is 38.0 Å². The minimum Gasteiger partial charge on any atom is -0.383 e. The maximum absolute atomic E-state index is 10.3. The number of nitrogens with zero attached hydrogens (tertiary/aromatic N) is 2. The first-order chi connectivity index (χ1) is 8.24. The predicted molar refractivity (Wildman–Crippen MR) is 65.9 cm³/mol. The van der Waals surface area contributed by atoms with E-state index in [0.717, 1.165) is 24.2 Å². The molecule has 0 aliphatic heterocycles. The molecule has 1 fully saturated rings. The van der Waals surface area contributed by atoms with Crippen molar-refractivity contribution in [2.24, 2.45) is 5.92 Å². The molecule has 0 amide bonds. The Kier molecular flexibility index (Phi) is 2.30. The smallest absolute Gasteiger partial charge is 0.112 e. The third-order valence-corrected chi connectivity index (χ3v) is 3.62. The fourth-order valence-electron chi connectivity index (χ4n) is 2.39. The largest absolute Gasteiger partial charge is 0.383 e. The van der Waals surface area contributed by atoms with Crippen LogP contribution < -0.4 is 0 Å². The zero-order chi connectivity index (χ0) is 11.9. The molecule has 3 rings (SSSR count). The summed E-state index contributed by atoms with van der Waals surface area (Å²) in [6.45, 7) is 2.11. The Hall–Kier alpha value is -1.61. The Morgan fingerprint density at radius 3 is 2.76 bits per heavy atom. The van der Waals surface area contributed by atoms with Gasteiger partial charge in [-0.15, -0.1) is 0 Å². The minimum absolute atomic E-state index is 0.377. The summed E-state index contributed by atoms with van der Waals surface area (Å²) in [5.74, 6) is 0.377. The average Bonchev–Trinajstić information content (AvgIpc) is 2.83. The maximum atomic E-state index is 10.3. The summed E-state index contributed by atoms with van der Waals surface area (Å²) in [6, 6.07) is 11.9. The van der Waals surface area contributed by atoms with Crippen molar-refractivity contribution in [3.05, 3.63) is 48.3 Å². The zero-order valence-corrected chi connectivity index (χ0v) is 9.87. The molecule has 1 aromatic carbocycles. The van der Waals surface area contributed by atoms with E-state index in [4.69, 9.17) is 0 Å². The molecule has 1 aliphatic carbocycles. The summed E-state index contributed by atoms with van der Waals surface area (Å²) in [6.07, 6.45) is 3.76. The Morgan fingerprint density at radius 2 is 2.12 bits per heavy atom. The van der Waals surface area contributed by atoms with Crippen molar-refractivity contribution in [2.45, 2.75) is 25.4 Å². The van der Waals surface area contributed by atoms with Crippen molar-refractivity contribution in [1.29, 1.82) is 0 Å². The van der Waals surface area contributed by atoms with E-state index < -0.39 is 5.60 Å². The minimum atomic E-state index is -0.672. The summed E-state index contributed by atoms with van der Waals surface area (Å²) < 4.78 is 1.82. The molecule has 2 unspecified atom stereocenters. The van der Waals surface area contributed by atoms with Gasteiger partial charge in [0.05, 0.1) is 11.4 Å². The molecule has 1 aliphatic rings. The summed E-state index contributed by atoms with van der Waals surface area (Å²) >= 11 is 0. The molecule has 1 N–H and O–H groups in total. The molecule has 2 atom stereocenters. The van der Waals surface area contributed by atoms with Gasteiger partial charge < -0.3 is 5.11 Å². The monoisotopic (exact) mass is 228 g/mol. The number of aliphatic hydroxyl groups is 1. The van der Waals surface area contributed by atoms with Crippen LogP contribution in [0.25, 0.3) is 5.69 Å². The quantitative estimate of drug-likeness (QED) is 0.876.